The van der Waals surface area contributed by atoms with E-state index in [1.54, 1.807) is 0 Å². The molecule has 0 aromatic carbocycles. The van der Waals surface area contributed by atoms with E-state index in [2.05, 4.69) is 33.0 Å². The van der Waals surface area contributed by atoms with Crippen LogP contribution in [0.1, 0.15) is 40.5 Å². The Labute approximate surface area is 83.1 Å². The fourth-order valence-electron chi connectivity index (χ4n) is 1.03. The van der Waals surface area contributed by atoms with Crippen LogP contribution in [-0.2, 0) is 4.74 Å². The maximum atomic E-state index is 5.54. The van der Waals surface area contributed by atoms with Gasteiger partial charge in [-0.2, -0.15) is 0 Å². The molecule has 0 aromatic rings. The summed E-state index contributed by atoms with van der Waals surface area (Å²) in [5.41, 5.74) is 0. The molecule has 1 N–H and O–H groups in total. The van der Waals surface area contributed by atoms with Crippen LogP contribution in [0.25, 0.3) is 0 Å². The van der Waals surface area contributed by atoms with Crippen molar-refractivity contribution in [2.45, 2.75) is 46.6 Å². The predicted molar refractivity (Wildman–Crippen MR) is 58.0 cm³/mol. The van der Waals surface area contributed by atoms with Gasteiger partial charge in [0.05, 0.1) is 6.61 Å². The van der Waals surface area contributed by atoms with Gasteiger partial charge in [0.25, 0.3) is 0 Å². The summed E-state index contributed by atoms with van der Waals surface area (Å²) < 4.78 is 5.54. The first-order valence-electron chi connectivity index (χ1n) is 5.48. The van der Waals surface area contributed by atoms with E-state index < -0.39 is 0 Å². The molecule has 2 nitrogen and oxygen atoms in total. The minimum absolute atomic E-state index is 0.493. The highest BCUT2D eigenvalue weighted by molar-refractivity contribution is 4.57. The maximum Gasteiger partial charge on any atom is 0.0616 e. The van der Waals surface area contributed by atoms with Gasteiger partial charge in [-0.15, -0.1) is 0 Å². The molecule has 0 heterocycles. The summed E-state index contributed by atoms with van der Waals surface area (Å²) >= 11 is 0. The lowest BCUT2D eigenvalue weighted by atomic mass is 10.1. The lowest BCUT2D eigenvalue weighted by Crippen LogP contribution is -2.31. The van der Waals surface area contributed by atoms with E-state index in [4.69, 9.17) is 4.74 Å². The smallest absolute Gasteiger partial charge is 0.0616 e. The van der Waals surface area contributed by atoms with E-state index in [-0.39, 0.29) is 0 Å². The summed E-state index contributed by atoms with van der Waals surface area (Å²) in [6.07, 6.45) is 2.36. The van der Waals surface area contributed by atoms with E-state index in [0.717, 1.165) is 25.7 Å². The van der Waals surface area contributed by atoms with Gasteiger partial charge in [0.2, 0.25) is 0 Å². The lowest BCUT2D eigenvalue weighted by molar-refractivity contribution is 0.106. The van der Waals surface area contributed by atoms with Crippen LogP contribution in [0, 0.1) is 5.92 Å². The Morgan fingerprint density at radius 2 is 1.92 bits per heavy atom. The zero-order valence-electron chi connectivity index (χ0n) is 9.60. The number of rotatable bonds is 8. The van der Waals surface area contributed by atoms with E-state index in [1.807, 2.05) is 0 Å². The molecule has 0 aromatic heterocycles. The van der Waals surface area contributed by atoms with Crippen molar-refractivity contribution < 1.29 is 4.74 Å². The normalized spacial score (nSPS) is 13.6. The third-order valence-corrected chi connectivity index (χ3v) is 1.95. The van der Waals surface area contributed by atoms with E-state index in [1.165, 1.54) is 12.8 Å². The van der Waals surface area contributed by atoms with Gasteiger partial charge in [-0.25, -0.2) is 0 Å². The van der Waals surface area contributed by atoms with E-state index in [9.17, 15) is 0 Å². The highest BCUT2D eigenvalue weighted by Gasteiger charge is 2.00. The van der Waals surface area contributed by atoms with Crippen molar-refractivity contribution in [1.29, 1.82) is 0 Å². The Morgan fingerprint density at radius 3 is 2.46 bits per heavy atom. The van der Waals surface area contributed by atoms with Crippen LogP contribution in [0.4, 0.5) is 0 Å². The second kappa shape index (κ2) is 8.52. The van der Waals surface area contributed by atoms with Crippen LogP contribution in [0.5, 0.6) is 0 Å². The first-order chi connectivity index (χ1) is 6.16. The molecule has 0 saturated heterocycles. The van der Waals surface area contributed by atoms with Crippen molar-refractivity contribution in [2.24, 2.45) is 5.92 Å². The summed E-state index contributed by atoms with van der Waals surface area (Å²) in [6.45, 7) is 11.6. The molecule has 0 bridgehead atoms. The van der Waals surface area contributed by atoms with Crippen LogP contribution in [0.15, 0.2) is 0 Å². The van der Waals surface area contributed by atoms with Gasteiger partial charge in [0.15, 0.2) is 0 Å². The van der Waals surface area contributed by atoms with Gasteiger partial charge in [-0.05, 0) is 32.2 Å². The standard InChI is InChI=1S/C11H25NO/c1-5-7-12-11(4)9-13-8-6-10(2)3/h10-12H,5-9H2,1-4H3. The molecule has 1 unspecified atom stereocenters. The van der Waals surface area contributed by atoms with Gasteiger partial charge in [-0.3, -0.25) is 0 Å². The van der Waals surface area contributed by atoms with Crippen molar-refractivity contribution in [2.75, 3.05) is 19.8 Å². The Kier molecular flexibility index (Phi) is 8.46. The molecule has 0 amide bonds. The third kappa shape index (κ3) is 9.84. The minimum Gasteiger partial charge on any atom is -0.380 e. The summed E-state index contributed by atoms with van der Waals surface area (Å²) in [4.78, 5) is 0. The predicted octanol–water partition coefficient (Wildman–Crippen LogP) is 2.44. The number of ether oxygens (including phenoxy) is 1. The molecule has 0 saturated carbocycles. The SMILES string of the molecule is CCCNC(C)COCCC(C)C. The second-order valence-corrected chi connectivity index (χ2v) is 4.11. The molecule has 0 aliphatic carbocycles. The third-order valence-electron chi connectivity index (χ3n) is 1.95. The molecule has 0 spiro atoms. The topological polar surface area (TPSA) is 21.3 Å². The molecule has 13 heavy (non-hydrogen) atoms. The van der Waals surface area contributed by atoms with Gasteiger partial charge in [-0.1, -0.05) is 20.8 Å². The van der Waals surface area contributed by atoms with Crippen molar-refractivity contribution in [3.63, 3.8) is 0 Å². The molecule has 2 heteroatoms. The summed E-state index contributed by atoms with van der Waals surface area (Å²) in [5, 5.41) is 3.40. The van der Waals surface area contributed by atoms with Gasteiger partial charge >= 0.3 is 0 Å². The van der Waals surface area contributed by atoms with Crippen molar-refractivity contribution in [3.05, 3.63) is 0 Å². The highest BCUT2D eigenvalue weighted by atomic mass is 16.5. The monoisotopic (exact) mass is 187 g/mol. The molecule has 1 atom stereocenters. The van der Waals surface area contributed by atoms with E-state index in [0.29, 0.717) is 6.04 Å². The van der Waals surface area contributed by atoms with E-state index >= 15 is 0 Å². The number of hydrogen-bond acceptors (Lipinski definition) is 2. The summed E-state index contributed by atoms with van der Waals surface area (Å²) in [7, 11) is 0. The Hall–Kier alpha value is -0.0800. The Morgan fingerprint density at radius 1 is 1.23 bits per heavy atom. The molecule has 0 aliphatic heterocycles. The van der Waals surface area contributed by atoms with Crippen LogP contribution in [-0.4, -0.2) is 25.8 Å². The zero-order chi connectivity index (χ0) is 10.1. The fraction of sp³-hybridized carbons (Fsp3) is 1.00. The highest BCUT2D eigenvalue weighted by Crippen LogP contribution is 1.99. The number of hydrogen-bond donors (Lipinski definition) is 1. The molecule has 80 valence electrons. The fourth-order valence-corrected chi connectivity index (χ4v) is 1.03. The molecule has 0 radical (unpaired) electrons. The van der Waals surface area contributed by atoms with Crippen molar-refractivity contribution in [3.8, 4) is 0 Å². The molecular formula is C11H25NO. The first-order valence-corrected chi connectivity index (χ1v) is 5.48. The summed E-state index contributed by atoms with van der Waals surface area (Å²) in [6, 6.07) is 0.493. The molecule has 0 fully saturated rings. The largest absolute Gasteiger partial charge is 0.380 e. The molecular weight excluding hydrogens is 162 g/mol. The maximum absolute atomic E-state index is 5.54. The number of nitrogens with one attached hydrogen (secondary N) is 1. The van der Waals surface area contributed by atoms with Crippen LogP contribution >= 0.6 is 0 Å². The summed E-state index contributed by atoms with van der Waals surface area (Å²) in [5.74, 6) is 0.749. The quantitative estimate of drug-likeness (QED) is 0.589. The van der Waals surface area contributed by atoms with Gasteiger partial charge in [0.1, 0.15) is 0 Å². The second-order valence-electron chi connectivity index (χ2n) is 4.11. The average Bonchev–Trinajstić information content (AvgIpc) is 2.08. The average molecular weight is 187 g/mol. The zero-order valence-corrected chi connectivity index (χ0v) is 9.60. The van der Waals surface area contributed by atoms with Gasteiger partial charge in [0, 0.05) is 12.6 Å². The van der Waals surface area contributed by atoms with Gasteiger partial charge < -0.3 is 10.1 Å². The first kappa shape index (κ1) is 12.9. The Balaban J connectivity index is 3.12. The molecule has 0 aliphatic rings. The lowest BCUT2D eigenvalue weighted by Gasteiger charge is -2.13. The van der Waals surface area contributed by atoms with Crippen LogP contribution in [0.3, 0.4) is 0 Å². The van der Waals surface area contributed by atoms with Crippen LogP contribution < -0.4 is 5.32 Å². The van der Waals surface area contributed by atoms with Crippen molar-refractivity contribution in [1.82, 2.24) is 5.32 Å². The minimum atomic E-state index is 0.493. The van der Waals surface area contributed by atoms with Crippen LogP contribution in [0.2, 0.25) is 0 Å². The molecule has 0 rings (SSSR count). The van der Waals surface area contributed by atoms with Crippen molar-refractivity contribution >= 4 is 0 Å². The Bertz CT molecular complexity index is 104.